The fourth-order valence-corrected chi connectivity index (χ4v) is 2.95. The first-order chi connectivity index (χ1) is 11.7. The minimum absolute atomic E-state index is 0. The Morgan fingerprint density at radius 1 is 1.16 bits per heavy atom. The third kappa shape index (κ3) is 10.6. The summed E-state index contributed by atoms with van der Waals surface area (Å²) in [5.41, 5.74) is 0. The van der Waals surface area contributed by atoms with Crippen LogP contribution in [0.25, 0.3) is 0 Å². The van der Waals surface area contributed by atoms with E-state index in [2.05, 4.69) is 35.9 Å². The number of halogens is 1. The molecule has 0 atom stereocenters. The van der Waals surface area contributed by atoms with Gasteiger partial charge in [-0.15, -0.1) is 24.0 Å². The second-order valence-corrected chi connectivity index (χ2v) is 6.17. The summed E-state index contributed by atoms with van der Waals surface area (Å²) in [5.74, 6) is 1.06. The normalized spacial score (nSPS) is 16.2. The Morgan fingerprint density at radius 3 is 2.40 bits per heavy atom. The predicted molar refractivity (Wildman–Crippen MR) is 116 cm³/mol. The van der Waals surface area contributed by atoms with Crippen LogP contribution in [0.3, 0.4) is 0 Å². The van der Waals surface area contributed by atoms with Gasteiger partial charge in [-0.25, -0.2) is 0 Å². The number of ether oxygens (including phenoxy) is 2. The van der Waals surface area contributed by atoms with Crippen LogP contribution in [-0.2, 0) is 9.47 Å². The van der Waals surface area contributed by atoms with Gasteiger partial charge >= 0.3 is 0 Å². The van der Waals surface area contributed by atoms with Crippen molar-refractivity contribution >= 4 is 29.9 Å². The monoisotopic (exact) mass is 470 g/mol. The van der Waals surface area contributed by atoms with Crippen molar-refractivity contribution < 1.29 is 9.47 Å². The second-order valence-electron chi connectivity index (χ2n) is 6.17. The van der Waals surface area contributed by atoms with Crippen LogP contribution in [0, 0.1) is 0 Å². The van der Waals surface area contributed by atoms with E-state index in [1.807, 2.05) is 0 Å². The van der Waals surface area contributed by atoms with Gasteiger partial charge in [0.05, 0.1) is 12.6 Å². The average Bonchev–Trinajstić information content (AvgIpc) is 2.62. The zero-order valence-corrected chi connectivity index (χ0v) is 19.0. The van der Waals surface area contributed by atoms with Crippen molar-refractivity contribution in [1.82, 2.24) is 15.1 Å². The van der Waals surface area contributed by atoms with Gasteiger partial charge in [-0.05, 0) is 39.3 Å². The summed E-state index contributed by atoms with van der Waals surface area (Å²) in [6.07, 6.45) is 3.52. The molecule has 0 bridgehead atoms. The van der Waals surface area contributed by atoms with Crippen molar-refractivity contribution in [1.29, 1.82) is 0 Å². The largest absolute Gasteiger partial charge is 0.385 e. The van der Waals surface area contributed by atoms with E-state index in [0.717, 1.165) is 84.2 Å². The molecular weight excluding hydrogens is 431 g/mol. The van der Waals surface area contributed by atoms with Gasteiger partial charge < -0.3 is 24.6 Å². The number of guanidine groups is 1. The van der Waals surface area contributed by atoms with Gasteiger partial charge in [0.15, 0.2) is 5.96 Å². The minimum atomic E-state index is 0. The maximum Gasteiger partial charge on any atom is 0.193 e. The molecule has 0 amide bonds. The standard InChI is InChI=1S/C18H38N4O2.HI/c1-5-19-18(20-11-14-21(6-2)7-3)22-12-9-17(10-13-22)24-16-8-15-23-4;/h17H,5-16H2,1-4H3,(H,19,20);1H. The van der Waals surface area contributed by atoms with Gasteiger partial charge in [-0.1, -0.05) is 13.8 Å². The highest BCUT2D eigenvalue weighted by Gasteiger charge is 2.21. The van der Waals surface area contributed by atoms with Crippen LogP contribution in [0.2, 0.25) is 0 Å². The molecule has 1 aliphatic heterocycles. The smallest absolute Gasteiger partial charge is 0.193 e. The average molecular weight is 470 g/mol. The quantitative estimate of drug-likeness (QED) is 0.218. The lowest BCUT2D eigenvalue weighted by atomic mass is 10.1. The lowest BCUT2D eigenvalue weighted by Gasteiger charge is -2.34. The lowest BCUT2D eigenvalue weighted by Crippen LogP contribution is -2.47. The maximum absolute atomic E-state index is 5.94. The molecule has 0 aromatic carbocycles. The second kappa shape index (κ2) is 16.1. The molecule has 1 heterocycles. The molecule has 150 valence electrons. The zero-order valence-electron chi connectivity index (χ0n) is 16.6. The third-order valence-electron chi connectivity index (χ3n) is 4.49. The first kappa shape index (κ1) is 24.9. The Morgan fingerprint density at radius 2 is 1.84 bits per heavy atom. The first-order valence-electron chi connectivity index (χ1n) is 9.61. The van der Waals surface area contributed by atoms with Crippen molar-refractivity contribution in [3.8, 4) is 0 Å². The predicted octanol–water partition coefficient (Wildman–Crippen LogP) is 2.43. The Balaban J connectivity index is 0.00000576. The third-order valence-corrected chi connectivity index (χ3v) is 4.49. The topological polar surface area (TPSA) is 49.3 Å². The maximum atomic E-state index is 5.94. The molecule has 0 radical (unpaired) electrons. The summed E-state index contributed by atoms with van der Waals surface area (Å²) in [5, 5.41) is 3.44. The molecule has 7 heteroatoms. The van der Waals surface area contributed by atoms with Crippen LogP contribution in [0.1, 0.15) is 40.0 Å². The Kier molecular flexibility index (Phi) is 16.0. The fourth-order valence-electron chi connectivity index (χ4n) is 2.95. The van der Waals surface area contributed by atoms with E-state index in [0.29, 0.717) is 6.10 Å². The van der Waals surface area contributed by atoms with E-state index in [1.165, 1.54) is 0 Å². The zero-order chi connectivity index (χ0) is 17.6. The van der Waals surface area contributed by atoms with E-state index < -0.39 is 0 Å². The fraction of sp³-hybridized carbons (Fsp3) is 0.944. The first-order valence-corrected chi connectivity index (χ1v) is 9.61. The number of nitrogens with one attached hydrogen (secondary N) is 1. The Bertz CT molecular complexity index is 333. The van der Waals surface area contributed by atoms with Gasteiger partial charge in [-0.2, -0.15) is 0 Å². The SMILES string of the molecule is CCNC(=NCCN(CC)CC)N1CCC(OCCCOC)CC1.I. The number of likely N-dealkylation sites (tertiary alicyclic amines) is 1. The van der Waals surface area contributed by atoms with E-state index in [-0.39, 0.29) is 24.0 Å². The molecular formula is C18H39IN4O2. The molecule has 1 N–H and O–H groups in total. The summed E-state index contributed by atoms with van der Waals surface area (Å²) < 4.78 is 11.0. The highest BCUT2D eigenvalue weighted by Crippen LogP contribution is 2.14. The Hall–Kier alpha value is -0.120. The van der Waals surface area contributed by atoms with Crippen LogP contribution in [0.15, 0.2) is 4.99 Å². The summed E-state index contributed by atoms with van der Waals surface area (Å²) in [6, 6.07) is 0. The molecule has 6 nitrogen and oxygen atoms in total. The van der Waals surface area contributed by atoms with Crippen LogP contribution in [0.4, 0.5) is 0 Å². The molecule has 0 aromatic heterocycles. The number of methoxy groups -OCH3 is 1. The van der Waals surface area contributed by atoms with Crippen LogP contribution >= 0.6 is 24.0 Å². The van der Waals surface area contributed by atoms with Gasteiger partial charge in [-0.3, -0.25) is 4.99 Å². The highest BCUT2D eigenvalue weighted by atomic mass is 127. The summed E-state index contributed by atoms with van der Waals surface area (Å²) in [7, 11) is 1.74. The highest BCUT2D eigenvalue weighted by molar-refractivity contribution is 14.0. The molecule has 25 heavy (non-hydrogen) atoms. The molecule has 1 rings (SSSR count). The van der Waals surface area contributed by atoms with E-state index >= 15 is 0 Å². The number of piperidine rings is 1. The molecule has 1 aliphatic rings. The summed E-state index contributed by atoms with van der Waals surface area (Å²) >= 11 is 0. The lowest BCUT2D eigenvalue weighted by molar-refractivity contribution is 0.00990. The van der Waals surface area contributed by atoms with Crippen molar-refractivity contribution in [3.05, 3.63) is 0 Å². The van der Waals surface area contributed by atoms with Gasteiger partial charge in [0.25, 0.3) is 0 Å². The molecule has 0 aromatic rings. The van der Waals surface area contributed by atoms with Gasteiger partial charge in [0.1, 0.15) is 0 Å². The molecule has 0 saturated carbocycles. The Labute approximate surface area is 171 Å². The van der Waals surface area contributed by atoms with E-state index in [9.17, 15) is 0 Å². The van der Waals surface area contributed by atoms with Crippen molar-refractivity contribution in [2.45, 2.75) is 46.1 Å². The van der Waals surface area contributed by atoms with Gasteiger partial charge in [0.2, 0.25) is 0 Å². The minimum Gasteiger partial charge on any atom is -0.385 e. The number of hydrogen-bond acceptors (Lipinski definition) is 4. The molecule has 1 saturated heterocycles. The van der Waals surface area contributed by atoms with Gasteiger partial charge in [0, 0.05) is 46.5 Å². The number of nitrogens with zero attached hydrogens (tertiary/aromatic N) is 3. The van der Waals surface area contributed by atoms with Crippen molar-refractivity contribution in [2.24, 2.45) is 4.99 Å². The molecule has 0 unspecified atom stereocenters. The number of hydrogen-bond donors (Lipinski definition) is 1. The summed E-state index contributed by atoms with van der Waals surface area (Å²) in [4.78, 5) is 9.60. The summed E-state index contributed by atoms with van der Waals surface area (Å²) in [6.45, 7) is 15.1. The van der Waals surface area contributed by atoms with Crippen LogP contribution in [0.5, 0.6) is 0 Å². The van der Waals surface area contributed by atoms with Crippen molar-refractivity contribution in [3.63, 3.8) is 0 Å². The van der Waals surface area contributed by atoms with Crippen molar-refractivity contribution in [2.75, 3.05) is 66.1 Å². The molecule has 1 fully saturated rings. The number of aliphatic imine (C=N–C) groups is 1. The number of rotatable bonds is 11. The molecule has 0 aliphatic carbocycles. The number of likely N-dealkylation sites (N-methyl/N-ethyl adjacent to an activating group) is 1. The van der Waals surface area contributed by atoms with E-state index in [1.54, 1.807) is 7.11 Å². The molecule has 0 spiro atoms. The van der Waals surface area contributed by atoms with E-state index in [4.69, 9.17) is 14.5 Å². The van der Waals surface area contributed by atoms with Crippen LogP contribution < -0.4 is 5.32 Å². The van der Waals surface area contributed by atoms with Crippen LogP contribution in [-0.4, -0.2) is 88.0 Å².